The normalized spacial score (nSPS) is 16.7. The quantitative estimate of drug-likeness (QED) is 0.359. The smallest absolute Gasteiger partial charge is 0.255 e. The van der Waals surface area contributed by atoms with Gasteiger partial charge in [-0.15, -0.1) is 0 Å². The predicted octanol–water partition coefficient (Wildman–Crippen LogP) is 6.32. The van der Waals surface area contributed by atoms with Crippen molar-refractivity contribution >= 4 is 34.4 Å². The number of rotatable bonds is 8. The Kier molecular flexibility index (Phi) is 7.51. The zero-order chi connectivity index (χ0) is 26.6. The molecule has 194 valence electrons. The van der Waals surface area contributed by atoms with Gasteiger partial charge in [0.25, 0.3) is 5.91 Å². The van der Waals surface area contributed by atoms with Crippen LogP contribution in [0.5, 0.6) is 0 Å². The number of furan rings is 1. The van der Waals surface area contributed by atoms with Crippen molar-refractivity contribution in [1.29, 1.82) is 0 Å². The van der Waals surface area contributed by atoms with Crippen molar-refractivity contribution in [3.63, 3.8) is 0 Å². The van der Waals surface area contributed by atoms with Gasteiger partial charge in [-0.3, -0.25) is 9.59 Å². The average molecular weight is 527 g/mol. The lowest BCUT2D eigenvalue weighted by atomic mass is 9.91. The molecule has 1 aromatic heterocycles. The third-order valence-electron chi connectivity index (χ3n) is 6.58. The number of allylic oxidation sites excluding steroid dienone is 1. The van der Waals surface area contributed by atoms with E-state index in [-0.39, 0.29) is 18.2 Å². The van der Waals surface area contributed by atoms with Crippen molar-refractivity contribution in [3.05, 3.63) is 112 Å². The highest BCUT2D eigenvalue weighted by atomic mass is 32.2. The molecule has 2 N–H and O–H groups in total. The minimum absolute atomic E-state index is 0.134. The Hall–Kier alpha value is -4.04. The van der Waals surface area contributed by atoms with Gasteiger partial charge in [0.1, 0.15) is 5.76 Å². The number of amidine groups is 1. The summed E-state index contributed by atoms with van der Waals surface area (Å²) in [6.07, 6.45) is 1.74. The molecule has 0 spiro atoms. The van der Waals surface area contributed by atoms with Crippen LogP contribution >= 0.6 is 11.8 Å². The van der Waals surface area contributed by atoms with Crippen LogP contribution in [0, 0.1) is 0 Å². The second-order valence-corrected chi connectivity index (χ2v) is 10.4. The topological polar surface area (TPSA) is 86.9 Å². The van der Waals surface area contributed by atoms with Gasteiger partial charge in [-0.05, 0) is 53.6 Å². The predicted molar refractivity (Wildman–Crippen MR) is 151 cm³/mol. The number of anilines is 1. The third-order valence-corrected chi connectivity index (χ3v) is 7.47. The maximum atomic E-state index is 13.7. The molecule has 1 atom stereocenters. The summed E-state index contributed by atoms with van der Waals surface area (Å²) >= 11 is 1.47. The van der Waals surface area contributed by atoms with Crippen molar-refractivity contribution in [3.8, 4) is 0 Å². The lowest BCUT2D eigenvalue weighted by molar-refractivity contribution is -0.120. The Morgan fingerprint density at radius 1 is 1.05 bits per heavy atom. The highest BCUT2D eigenvalue weighted by molar-refractivity contribution is 8.16. The molecule has 0 fully saturated rings. The molecule has 2 aromatic carbocycles. The number of nitrogens with zero attached hydrogens (tertiary/aromatic N) is 2. The number of para-hydroxylation sites is 1. The lowest BCUT2D eigenvalue weighted by Gasteiger charge is -2.36. The second kappa shape index (κ2) is 11.1. The molecule has 8 heteroatoms. The number of nitrogens with one attached hydrogen (secondary N) is 2. The van der Waals surface area contributed by atoms with Crippen LogP contribution in [0.4, 0.5) is 5.69 Å². The summed E-state index contributed by atoms with van der Waals surface area (Å²) in [6.45, 7) is 6.50. The van der Waals surface area contributed by atoms with E-state index >= 15 is 0 Å². The van der Waals surface area contributed by atoms with Crippen LogP contribution in [0.1, 0.15) is 56.0 Å². The second-order valence-electron chi connectivity index (χ2n) is 9.57. The minimum atomic E-state index is -0.424. The van der Waals surface area contributed by atoms with Crippen LogP contribution in [-0.2, 0) is 16.1 Å². The van der Waals surface area contributed by atoms with Crippen molar-refractivity contribution < 1.29 is 14.0 Å². The first kappa shape index (κ1) is 25.6. The SMILES string of the molecule is CC1=C(C(=O)Nc2ccccc2)C(c2ccc(C(C)C)cc2)N2C(CC(=O)NCc3ccco3)=CSC2=N1. The van der Waals surface area contributed by atoms with E-state index in [1.165, 1.54) is 17.3 Å². The van der Waals surface area contributed by atoms with E-state index in [4.69, 9.17) is 9.41 Å². The highest BCUT2D eigenvalue weighted by Crippen LogP contribution is 2.45. The molecule has 0 radical (unpaired) electrons. The van der Waals surface area contributed by atoms with Crippen molar-refractivity contribution in [2.75, 3.05) is 5.32 Å². The molecular formula is C30H30N4O3S. The van der Waals surface area contributed by atoms with Gasteiger partial charge < -0.3 is 20.0 Å². The van der Waals surface area contributed by atoms with E-state index in [0.29, 0.717) is 35.2 Å². The molecule has 2 aliphatic heterocycles. The van der Waals surface area contributed by atoms with Crippen LogP contribution in [0.3, 0.4) is 0 Å². The standard InChI is InChI=1S/C30H30N4O3S/c1-19(2)21-11-13-22(14-12-21)28-27(29(36)33-23-8-5-4-6-9-23)20(3)32-30-34(28)24(18-38-30)16-26(35)31-17-25-10-7-15-37-25/h4-15,18-19,28H,16-17H2,1-3H3,(H,31,35)(H,33,36). The van der Waals surface area contributed by atoms with Crippen LogP contribution < -0.4 is 10.6 Å². The van der Waals surface area contributed by atoms with E-state index in [1.54, 1.807) is 12.3 Å². The summed E-state index contributed by atoms with van der Waals surface area (Å²) in [6, 6.07) is 20.9. The van der Waals surface area contributed by atoms with Gasteiger partial charge in [0.2, 0.25) is 5.91 Å². The fourth-order valence-electron chi connectivity index (χ4n) is 4.58. The Morgan fingerprint density at radius 2 is 1.82 bits per heavy atom. The van der Waals surface area contributed by atoms with Crippen LogP contribution in [-0.4, -0.2) is 21.9 Å². The van der Waals surface area contributed by atoms with Gasteiger partial charge >= 0.3 is 0 Å². The molecule has 3 aromatic rings. The Morgan fingerprint density at radius 3 is 2.50 bits per heavy atom. The third kappa shape index (κ3) is 5.45. The molecule has 1 unspecified atom stereocenters. The number of thioether (sulfide) groups is 1. The Bertz CT molecular complexity index is 1410. The Labute approximate surface area is 226 Å². The maximum Gasteiger partial charge on any atom is 0.255 e. The molecule has 3 heterocycles. The number of hydrogen-bond donors (Lipinski definition) is 2. The van der Waals surface area contributed by atoms with Gasteiger partial charge in [0.05, 0.1) is 36.5 Å². The molecule has 5 rings (SSSR count). The zero-order valence-corrected chi connectivity index (χ0v) is 22.4. The molecule has 0 aliphatic carbocycles. The molecule has 2 amide bonds. The molecular weight excluding hydrogens is 496 g/mol. The maximum absolute atomic E-state index is 13.7. The Balaban J connectivity index is 1.46. The number of fused-ring (bicyclic) bond motifs is 1. The summed E-state index contributed by atoms with van der Waals surface area (Å²) in [5.74, 6) is 0.731. The van der Waals surface area contributed by atoms with Gasteiger partial charge in [-0.1, -0.05) is 68.1 Å². The summed E-state index contributed by atoms with van der Waals surface area (Å²) in [4.78, 5) is 33.4. The van der Waals surface area contributed by atoms with Gasteiger partial charge in [-0.25, -0.2) is 4.99 Å². The fourth-order valence-corrected chi connectivity index (χ4v) is 5.55. The molecule has 0 saturated carbocycles. The minimum Gasteiger partial charge on any atom is -0.467 e. The number of benzene rings is 2. The van der Waals surface area contributed by atoms with Crippen molar-refractivity contribution in [2.24, 2.45) is 4.99 Å². The van der Waals surface area contributed by atoms with E-state index < -0.39 is 6.04 Å². The van der Waals surface area contributed by atoms with E-state index in [2.05, 4.69) is 48.7 Å². The number of carbonyl (C=O) groups excluding carboxylic acids is 2. The molecule has 0 bridgehead atoms. The highest BCUT2D eigenvalue weighted by Gasteiger charge is 2.40. The van der Waals surface area contributed by atoms with E-state index in [0.717, 1.165) is 16.4 Å². The molecule has 7 nitrogen and oxygen atoms in total. The first-order chi connectivity index (χ1) is 18.4. The summed E-state index contributed by atoms with van der Waals surface area (Å²) in [7, 11) is 0. The number of carbonyl (C=O) groups is 2. The molecule has 38 heavy (non-hydrogen) atoms. The zero-order valence-electron chi connectivity index (χ0n) is 21.6. The summed E-state index contributed by atoms with van der Waals surface area (Å²) < 4.78 is 5.33. The van der Waals surface area contributed by atoms with Crippen LogP contribution in [0.15, 0.2) is 105 Å². The largest absolute Gasteiger partial charge is 0.467 e. The monoisotopic (exact) mass is 526 g/mol. The lowest BCUT2D eigenvalue weighted by Crippen LogP contribution is -2.38. The number of amides is 2. The number of aliphatic imine (C=N–C) groups is 1. The summed E-state index contributed by atoms with van der Waals surface area (Å²) in [5.41, 5.74) is 4.90. The first-order valence-corrected chi connectivity index (χ1v) is 13.5. The fraction of sp³-hybridized carbons (Fsp3) is 0.233. The van der Waals surface area contributed by atoms with Gasteiger partial charge in [-0.2, -0.15) is 0 Å². The number of hydrogen-bond acceptors (Lipinski definition) is 6. The van der Waals surface area contributed by atoms with E-state index in [9.17, 15) is 9.59 Å². The first-order valence-electron chi connectivity index (χ1n) is 12.6. The van der Waals surface area contributed by atoms with Crippen LogP contribution in [0.25, 0.3) is 0 Å². The van der Waals surface area contributed by atoms with Crippen LogP contribution in [0.2, 0.25) is 0 Å². The summed E-state index contributed by atoms with van der Waals surface area (Å²) in [5, 5.41) is 8.66. The molecule has 0 saturated heterocycles. The van der Waals surface area contributed by atoms with Gasteiger partial charge in [0, 0.05) is 11.4 Å². The van der Waals surface area contributed by atoms with Gasteiger partial charge in [0.15, 0.2) is 5.17 Å². The van der Waals surface area contributed by atoms with E-state index in [1.807, 2.05) is 53.6 Å². The molecule has 2 aliphatic rings. The van der Waals surface area contributed by atoms with Crippen molar-refractivity contribution in [1.82, 2.24) is 10.2 Å². The van der Waals surface area contributed by atoms with Crippen molar-refractivity contribution in [2.45, 2.75) is 45.7 Å². The average Bonchev–Trinajstić information content (AvgIpc) is 3.57.